The van der Waals surface area contributed by atoms with Crippen molar-refractivity contribution in [1.82, 2.24) is 14.7 Å². The van der Waals surface area contributed by atoms with Crippen molar-refractivity contribution in [2.75, 3.05) is 14.2 Å². The van der Waals surface area contributed by atoms with Gasteiger partial charge < -0.3 is 9.84 Å². The molecule has 0 fully saturated rings. The van der Waals surface area contributed by atoms with Crippen LogP contribution in [0.25, 0.3) is 22.4 Å². The average Bonchev–Trinajstić information content (AvgIpc) is 3.35. The third kappa shape index (κ3) is 3.74. The normalized spacial score (nSPS) is 13.1. The minimum Gasteiger partial charge on any atom is -0.507 e. The van der Waals surface area contributed by atoms with Gasteiger partial charge in [-0.25, -0.2) is 9.18 Å². The first-order chi connectivity index (χ1) is 16.5. The summed E-state index contributed by atoms with van der Waals surface area (Å²) in [6, 6.07) is 18.9. The number of aromatic hydroxyl groups is 1. The third-order valence-electron chi connectivity index (χ3n) is 6.19. The van der Waals surface area contributed by atoms with Crippen LogP contribution in [0.15, 0.2) is 66.7 Å². The van der Waals surface area contributed by atoms with Crippen molar-refractivity contribution in [1.29, 1.82) is 0 Å². The topological polar surface area (TPSA) is 67.6 Å². The number of carbonyl (C=O) groups is 1. The molecule has 0 amide bonds. The van der Waals surface area contributed by atoms with Crippen LogP contribution in [0, 0.1) is 5.82 Å². The van der Waals surface area contributed by atoms with Crippen LogP contribution in [0.3, 0.4) is 0 Å². The molecule has 1 N–H and O–H groups in total. The molecule has 0 atom stereocenters. The highest BCUT2D eigenvalue weighted by Crippen LogP contribution is 2.37. The van der Waals surface area contributed by atoms with Gasteiger partial charge >= 0.3 is 5.97 Å². The lowest BCUT2D eigenvalue weighted by Crippen LogP contribution is -2.15. The highest BCUT2D eigenvalue weighted by atomic mass is 19.1. The Kier molecular flexibility index (Phi) is 5.63. The van der Waals surface area contributed by atoms with Gasteiger partial charge in [0.05, 0.1) is 30.6 Å². The second kappa shape index (κ2) is 8.76. The lowest BCUT2D eigenvalue weighted by atomic mass is 9.94. The zero-order chi connectivity index (χ0) is 23.8. The molecule has 1 aliphatic rings. The number of carbonyl (C=O) groups excluding carboxylic acids is 1. The molecule has 4 aromatic rings. The number of nitrogens with zero attached hydrogens (tertiary/aromatic N) is 3. The second-order valence-electron chi connectivity index (χ2n) is 8.42. The van der Waals surface area contributed by atoms with Gasteiger partial charge in [-0.15, -0.1) is 0 Å². The highest BCUT2D eigenvalue weighted by Gasteiger charge is 2.29. The molecule has 5 rings (SSSR count). The van der Waals surface area contributed by atoms with Crippen LogP contribution in [-0.2, 0) is 24.4 Å². The second-order valence-corrected chi connectivity index (χ2v) is 8.42. The Morgan fingerprint density at radius 1 is 1.00 bits per heavy atom. The lowest BCUT2D eigenvalue weighted by molar-refractivity contribution is 0.0599. The van der Waals surface area contributed by atoms with Gasteiger partial charge in [0, 0.05) is 29.8 Å². The van der Waals surface area contributed by atoms with Gasteiger partial charge in [0.15, 0.2) is 0 Å². The van der Waals surface area contributed by atoms with Gasteiger partial charge in [0.2, 0.25) is 0 Å². The minimum atomic E-state index is -0.487. The maximum absolute atomic E-state index is 14.9. The maximum atomic E-state index is 14.9. The van der Waals surface area contributed by atoms with Crippen LogP contribution >= 0.6 is 0 Å². The molecule has 172 valence electrons. The van der Waals surface area contributed by atoms with Crippen molar-refractivity contribution in [2.45, 2.75) is 19.6 Å². The smallest absolute Gasteiger partial charge is 0.338 e. The number of fused-ring (bicyclic) bond motifs is 1. The number of rotatable bonds is 5. The number of phenolic OH excluding ortho intramolecular Hbond substituents is 1. The zero-order valence-corrected chi connectivity index (χ0v) is 19.0. The molecule has 1 aliphatic heterocycles. The summed E-state index contributed by atoms with van der Waals surface area (Å²) in [6.45, 7) is 1.52. The van der Waals surface area contributed by atoms with E-state index in [1.54, 1.807) is 53.2 Å². The van der Waals surface area contributed by atoms with Crippen LogP contribution < -0.4 is 0 Å². The zero-order valence-electron chi connectivity index (χ0n) is 19.0. The molecular weight excluding hydrogens is 433 g/mol. The molecule has 1 aromatic heterocycles. The van der Waals surface area contributed by atoms with Crippen molar-refractivity contribution >= 4 is 5.97 Å². The molecule has 7 heteroatoms. The van der Waals surface area contributed by atoms with E-state index in [1.807, 2.05) is 19.2 Å². The fraction of sp³-hybridized carbons (Fsp3) is 0.185. The summed E-state index contributed by atoms with van der Waals surface area (Å²) >= 11 is 0. The summed E-state index contributed by atoms with van der Waals surface area (Å²) in [5.74, 6) is -0.716. The molecule has 0 saturated heterocycles. The maximum Gasteiger partial charge on any atom is 0.338 e. The van der Waals surface area contributed by atoms with E-state index >= 15 is 0 Å². The van der Waals surface area contributed by atoms with Gasteiger partial charge in [0.25, 0.3) is 0 Å². The summed E-state index contributed by atoms with van der Waals surface area (Å²) in [5.41, 5.74) is 5.32. The van der Waals surface area contributed by atoms with Crippen LogP contribution in [0.4, 0.5) is 4.39 Å². The number of halogens is 1. The Hall–Kier alpha value is -3.97. The summed E-state index contributed by atoms with van der Waals surface area (Å²) in [6.07, 6.45) is 0. The van der Waals surface area contributed by atoms with Gasteiger partial charge in [-0.05, 0) is 42.4 Å². The molecule has 34 heavy (non-hydrogen) atoms. The Bertz CT molecular complexity index is 1400. The van der Waals surface area contributed by atoms with Crippen molar-refractivity contribution < 1.29 is 19.0 Å². The molecule has 6 nitrogen and oxygen atoms in total. The van der Waals surface area contributed by atoms with E-state index in [0.717, 1.165) is 11.3 Å². The predicted octanol–water partition coefficient (Wildman–Crippen LogP) is 4.84. The van der Waals surface area contributed by atoms with E-state index in [-0.39, 0.29) is 18.1 Å². The number of para-hydroxylation sites is 1. The monoisotopic (exact) mass is 457 g/mol. The van der Waals surface area contributed by atoms with E-state index in [4.69, 9.17) is 9.84 Å². The first-order valence-electron chi connectivity index (χ1n) is 11.0. The number of benzene rings is 3. The van der Waals surface area contributed by atoms with Gasteiger partial charge in [-0.1, -0.05) is 42.5 Å². The molecule has 0 unspecified atom stereocenters. The van der Waals surface area contributed by atoms with E-state index in [9.17, 15) is 14.3 Å². The number of phenols is 1. The summed E-state index contributed by atoms with van der Waals surface area (Å²) in [4.78, 5) is 14.8. The number of aromatic nitrogens is 2. The quantitative estimate of drug-likeness (QED) is 0.435. The number of esters is 1. The molecule has 0 radical (unpaired) electrons. The van der Waals surface area contributed by atoms with Gasteiger partial charge in [-0.2, -0.15) is 5.10 Å². The number of hydrogen-bond acceptors (Lipinski definition) is 5. The molecule has 0 bridgehead atoms. The first-order valence-corrected chi connectivity index (χ1v) is 11.0. The molecule has 3 aromatic carbocycles. The van der Waals surface area contributed by atoms with Crippen molar-refractivity contribution in [3.63, 3.8) is 0 Å². The lowest BCUT2D eigenvalue weighted by Gasteiger charge is -2.18. The molecule has 0 spiro atoms. The Morgan fingerprint density at radius 3 is 2.44 bits per heavy atom. The molecule has 2 heterocycles. The summed E-state index contributed by atoms with van der Waals surface area (Å²) < 4.78 is 21.7. The van der Waals surface area contributed by atoms with Crippen molar-refractivity contribution in [3.05, 3.63) is 94.9 Å². The Morgan fingerprint density at radius 2 is 1.71 bits per heavy atom. The van der Waals surface area contributed by atoms with Crippen LogP contribution in [0.1, 0.15) is 27.2 Å². The Balaban J connectivity index is 1.72. The minimum absolute atomic E-state index is 0.102. The predicted molar refractivity (Wildman–Crippen MR) is 127 cm³/mol. The van der Waals surface area contributed by atoms with Gasteiger partial charge in [-0.3, -0.25) is 9.58 Å². The van der Waals surface area contributed by atoms with E-state index in [0.29, 0.717) is 46.6 Å². The van der Waals surface area contributed by atoms with Crippen molar-refractivity contribution in [2.24, 2.45) is 0 Å². The molecular formula is C27H24FN3O3. The van der Waals surface area contributed by atoms with Crippen molar-refractivity contribution in [3.8, 4) is 28.1 Å². The number of methoxy groups -OCH3 is 1. The number of hydrogen-bond donors (Lipinski definition) is 1. The van der Waals surface area contributed by atoms with Crippen LogP contribution in [0.5, 0.6) is 5.75 Å². The standard InChI is InChI=1S/C27H24FN3O3/c1-30-14-22-24(16-30)29-31(26(22)20-9-3-5-12-23(20)28)15-21-17(18-8-4-6-13-25(18)32)10-7-11-19(21)27(33)34-2/h3-13,32H,14-16H2,1-2H3. The van der Waals surface area contributed by atoms with Crippen LogP contribution in [0.2, 0.25) is 0 Å². The molecule has 0 aliphatic carbocycles. The average molecular weight is 458 g/mol. The molecule has 0 saturated carbocycles. The van der Waals surface area contributed by atoms with Crippen LogP contribution in [-0.4, -0.2) is 39.9 Å². The number of ether oxygens (including phenoxy) is 1. The summed E-state index contributed by atoms with van der Waals surface area (Å²) in [7, 11) is 3.34. The summed E-state index contributed by atoms with van der Waals surface area (Å²) in [5, 5.41) is 15.4. The van der Waals surface area contributed by atoms with E-state index in [1.165, 1.54) is 13.2 Å². The van der Waals surface area contributed by atoms with E-state index in [2.05, 4.69) is 4.90 Å². The first kappa shape index (κ1) is 21.9. The fourth-order valence-corrected chi connectivity index (χ4v) is 4.65. The third-order valence-corrected chi connectivity index (χ3v) is 6.19. The SMILES string of the molecule is COC(=O)c1cccc(-c2ccccc2O)c1Cn1nc2c(c1-c1ccccc1F)CN(C)C2. The largest absolute Gasteiger partial charge is 0.507 e. The van der Waals surface area contributed by atoms with E-state index < -0.39 is 5.97 Å². The highest BCUT2D eigenvalue weighted by molar-refractivity contribution is 5.94. The Labute approximate surface area is 196 Å². The van der Waals surface area contributed by atoms with Gasteiger partial charge in [0.1, 0.15) is 11.6 Å². The fourth-order valence-electron chi connectivity index (χ4n) is 4.65.